The van der Waals surface area contributed by atoms with Crippen LogP contribution in [0.25, 0.3) is 0 Å². The molecule has 0 aromatic heterocycles. The fourth-order valence-corrected chi connectivity index (χ4v) is 1.47. The summed E-state index contributed by atoms with van der Waals surface area (Å²) < 4.78 is 0. The minimum Gasteiger partial charge on any atom is -0.396 e. The number of nitrogens with two attached hydrogens (primary N) is 1. The molecular formula is C11H17NO. The molecule has 1 rings (SSSR count). The van der Waals surface area contributed by atoms with E-state index in [0.29, 0.717) is 12.5 Å². The van der Waals surface area contributed by atoms with Crippen LogP contribution in [0.3, 0.4) is 0 Å². The summed E-state index contributed by atoms with van der Waals surface area (Å²) in [6.45, 7) is 2.79. The number of hydrogen-bond acceptors (Lipinski definition) is 2. The second-order valence-electron chi connectivity index (χ2n) is 3.38. The molecule has 2 nitrogen and oxygen atoms in total. The molecule has 0 aliphatic carbocycles. The van der Waals surface area contributed by atoms with Gasteiger partial charge in [-0.3, -0.25) is 0 Å². The highest BCUT2D eigenvalue weighted by atomic mass is 16.3. The zero-order chi connectivity index (χ0) is 9.68. The van der Waals surface area contributed by atoms with E-state index in [-0.39, 0.29) is 12.5 Å². The minimum absolute atomic E-state index is 0.159. The van der Waals surface area contributed by atoms with Crippen LogP contribution >= 0.6 is 0 Å². The highest BCUT2D eigenvalue weighted by Gasteiger charge is 2.15. The summed E-state index contributed by atoms with van der Waals surface area (Å²) in [7, 11) is 0. The maximum atomic E-state index is 9.08. The lowest BCUT2D eigenvalue weighted by Crippen LogP contribution is -2.23. The molecule has 0 fully saturated rings. The highest BCUT2D eigenvalue weighted by molar-refractivity contribution is 5.19. The van der Waals surface area contributed by atoms with Crippen LogP contribution in [0.1, 0.15) is 18.4 Å². The Kier molecular flexibility index (Phi) is 3.93. The molecule has 3 N–H and O–H groups in total. The van der Waals surface area contributed by atoms with Crippen LogP contribution in [0.2, 0.25) is 0 Å². The fraction of sp³-hybridized carbons (Fsp3) is 0.455. The topological polar surface area (TPSA) is 46.2 Å². The van der Waals surface area contributed by atoms with E-state index < -0.39 is 0 Å². The smallest absolute Gasteiger partial charge is 0.0477 e. The third-order valence-electron chi connectivity index (χ3n) is 2.57. The third-order valence-corrected chi connectivity index (χ3v) is 2.57. The van der Waals surface area contributed by atoms with Gasteiger partial charge in [-0.1, -0.05) is 37.3 Å². The average molecular weight is 179 g/mol. The van der Waals surface area contributed by atoms with Crippen molar-refractivity contribution in [3.05, 3.63) is 35.9 Å². The maximum absolute atomic E-state index is 9.08. The first-order chi connectivity index (χ1) is 6.29. The first-order valence-corrected chi connectivity index (χ1v) is 4.65. The second kappa shape index (κ2) is 5.00. The molecule has 0 radical (unpaired) electrons. The summed E-state index contributed by atoms with van der Waals surface area (Å²) in [5.41, 5.74) is 6.80. The standard InChI is InChI=1S/C11H17NO/c1-9(11(7-12)8-13)10-5-3-2-4-6-10/h2-6,9,11,13H,7-8,12H2,1H3. The van der Waals surface area contributed by atoms with Crippen molar-refractivity contribution in [2.45, 2.75) is 12.8 Å². The predicted octanol–water partition coefficient (Wildman–Crippen LogP) is 1.36. The van der Waals surface area contributed by atoms with Gasteiger partial charge in [0.05, 0.1) is 0 Å². The third kappa shape index (κ3) is 2.54. The molecule has 1 aromatic rings. The largest absolute Gasteiger partial charge is 0.396 e. The van der Waals surface area contributed by atoms with Crippen molar-refractivity contribution in [3.63, 3.8) is 0 Å². The number of aliphatic hydroxyl groups excluding tert-OH is 1. The minimum atomic E-state index is 0.159. The average Bonchev–Trinajstić information content (AvgIpc) is 2.21. The Hall–Kier alpha value is -0.860. The molecule has 0 amide bonds. The molecule has 2 atom stereocenters. The number of benzene rings is 1. The van der Waals surface area contributed by atoms with E-state index in [9.17, 15) is 0 Å². The van der Waals surface area contributed by atoms with Gasteiger partial charge in [-0.15, -0.1) is 0 Å². The summed E-state index contributed by atoms with van der Waals surface area (Å²) in [6, 6.07) is 10.2. The van der Waals surface area contributed by atoms with Crippen molar-refractivity contribution in [2.24, 2.45) is 11.7 Å². The van der Waals surface area contributed by atoms with Crippen molar-refractivity contribution >= 4 is 0 Å². The summed E-state index contributed by atoms with van der Waals surface area (Å²) in [5.74, 6) is 0.499. The van der Waals surface area contributed by atoms with E-state index in [1.165, 1.54) is 5.56 Å². The van der Waals surface area contributed by atoms with Gasteiger partial charge < -0.3 is 10.8 Å². The van der Waals surface area contributed by atoms with Crippen LogP contribution < -0.4 is 5.73 Å². The van der Waals surface area contributed by atoms with Crippen molar-refractivity contribution in [1.29, 1.82) is 0 Å². The summed E-state index contributed by atoms with van der Waals surface area (Å²) in [4.78, 5) is 0. The van der Waals surface area contributed by atoms with Gasteiger partial charge in [-0.05, 0) is 18.0 Å². The zero-order valence-electron chi connectivity index (χ0n) is 7.98. The monoisotopic (exact) mass is 179 g/mol. The molecule has 2 heteroatoms. The van der Waals surface area contributed by atoms with Crippen molar-refractivity contribution in [2.75, 3.05) is 13.2 Å². The molecular weight excluding hydrogens is 162 g/mol. The summed E-state index contributed by atoms with van der Waals surface area (Å²) in [6.07, 6.45) is 0. The van der Waals surface area contributed by atoms with Gasteiger partial charge in [0, 0.05) is 12.5 Å². The van der Waals surface area contributed by atoms with E-state index in [2.05, 4.69) is 19.1 Å². The summed E-state index contributed by atoms with van der Waals surface area (Å²) in [5, 5.41) is 9.08. The van der Waals surface area contributed by atoms with E-state index in [1.807, 2.05) is 18.2 Å². The molecule has 0 saturated carbocycles. The molecule has 0 saturated heterocycles. The second-order valence-corrected chi connectivity index (χ2v) is 3.38. The highest BCUT2D eigenvalue weighted by Crippen LogP contribution is 2.22. The Balaban J connectivity index is 2.72. The molecule has 0 bridgehead atoms. The predicted molar refractivity (Wildman–Crippen MR) is 54.5 cm³/mol. The van der Waals surface area contributed by atoms with Crippen LogP contribution in [-0.2, 0) is 0 Å². The molecule has 1 aromatic carbocycles. The normalized spacial score (nSPS) is 15.3. The van der Waals surface area contributed by atoms with Crippen LogP contribution in [0.15, 0.2) is 30.3 Å². The SMILES string of the molecule is CC(c1ccccc1)C(CN)CO. The Bertz CT molecular complexity index is 231. The molecule has 2 unspecified atom stereocenters. The lowest BCUT2D eigenvalue weighted by Gasteiger charge is -2.20. The van der Waals surface area contributed by atoms with E-state index >= 15 is 0 Å². The van der Waals surface area contributed by atoms with Crippen LogP contribution in [0.5, 0.6) is 0 Å². The van der Waals surface area contributed by atoms with Gasteiger partial charge in [0.1, 0.15) is 0 Å². The Labute approximate surface area is 79.4 Å². The Morgan fingerprint density at radius 1 is 1.31 bits per heavy atom. The van der Waals surface area contributed by atoms with E-state index in [0.717, 1.165) is 0 Å². The van der Waals surface area contributed by atoms with Gasteiger partial charge in [-0.2, -0.15) is 0 Å². The van der Waals surface area contributed by atoms with E-state index in [4.69, 9.17) is 10.8 Å². The molecule has 13 heavy (non-hydrogen) atoms. The van der Waals surface area contributed by atoms with Crippen LogP contribution in [-0.4, -0.2) is 18.3 Å². The fourth-order valence-electron chi connectivity index (χ4n) is 1.47. The molecule has 0 spiro atoms. The Morgan fingerprint density at radius 2 is 1.92 bits per heavy atom. The maximum Gasteiger partial charge on any atom is 0.0477 e. The first kappa shape index (κ1) is 10.2. The molecule has 0 aliphatic heterocycles. The molecule has 0 aliphatic rings. The first-order valence-electron chi connectivity index (χ1n) is 4.65. The zero-order valence-corrected chi connectivity index (χ0v) is 7.98. The van der Waals surface area contributed by atoms with Crippen molar-refractivity contribution < 1.29 is 5.11 Å². The van der Waals surface area contributed by atoms with Gasteiger partial charge in [0.2, 0.25) is 0 Å². The molecule has 72 valence electrons. The number of hydrogen-bond donors (Lipinski definition) is 2. The van der Waals surface area contributed by atoms with Crippen LogP contribution in [0.4, 0.5) is 0 Å². The number of aliphatic hydroxyl groups is 1. The van der Waals surface area contributed by atoms with Gasteiger partial charge in [0.15, 0.2) is 0 Å². The van der Waals surface area contributed by atoms with Crippen molar-refractivity contribution in [1.82, 2.24) is 0 Å². The van der Waals surface area contributed by atoms with Crippen molar-refractivity contribution in [3.8, 4) is 0 Å². The van der Waals surface area contributed by atoms with Crippen LogP contribution in [0, 0.1) is 5.92 Å². The van der Waals surface area contributed by atoms with E-state index in [1.54, 1.807) is 0 Å². The Morgan fingerprint density at radius 3 is 2.38 bits per heavy atom. The lowest BCUT2D eigenvalue weighted by atomic mass is 9.88. The van der Waals surface area contributed by atoms with Gasteiger partial charge in [-0.25, -0.2) is 0 Å². The molecule has 0 heterocycles. The summed E-state index contributed by atoms with van der Waals surface area (Å²) >= 11 is 0. The quantitative estimate of drug-likeness (QED) is 0.733. The number of rotatable bonds is 4. The lowest BCUT2D eigenvalue weighted by molar-refractivity contribution is 0.212. The van der Waals surface area contributed by atoms with Gasteiger partial charge >= 0.3 is 0 Å². The van der Waals surface area contributed by atoms with Gasteiger partial charge in [0.25, 0.3) is 0 Å².